The molecule has 0 saturated carbocycles. The standard InChI is InChI=1S/C19H46O6Si4/c1-20-19-18(25-29(11,12)13)17(24-28(8,9)10)16(22-19)15(23-27(5,6)7)14-21-26(2,3)4/h15-19H,14H2,1-13H3. The summed E-state index contributed by atoms with van der Waals surface area (Å²) in [4.78, 5) is 0. The molecular weight excluding hydrogens is 437 g/mol. The topological polar surface area (TPSA) is 55.4 Å². The van der Waals surface area contributed by atoms with Gasteiger partial charge in [0, 0.05) is 7.11 Å². The fourth-order valence-electron chi connectivity index (χ4n) is 3.20. The van der Waals surface area contributed by atoms with Gasteiger partial charge in [0.25, 0.3) is 0 Å². The van der Waals surface area contributed by atoms with Crippen LogP contribution in [-0.4, -0.2) is 77.7 Å². The van der Waals surface area contributed by atoms with E-state index in [9.17, 15) is 0 Å². The zero-order valence-electron chi connectivity index (χ0n) is 21.0. The van der Waals surface area contributed by atoms with Crippen LogP contribution < -0.4 is 0 Å². The van der Waals surface area contributed by atoms with Gasteiger partial charge in [-0.1, -0.05) is 0 Å². The van der Waals surface area contributed by atoms with Gasteiger partial charge >= 0.3 is 0 Å². The van der Waals surface area contributed by atoms with Crippen LogP contribution in [0.1, 0.15) is 0 Å². The van der Waals surface area contributed by atoms with Crippen molar-refractivity contribution < 1.29 is 27.2 Å². The molecule has 0 aromatic heterocycles. The number of ether oxygens (including phenoxy) is 2. The molecule has 0 aliphatic carbocycles. The highest BCUT2D eigenvalue weighted by atomic mass is 28.4. The summed E-state index contributed by atoms with van der Waals surface area (Å²) in [5.41, 5.74) is 0. The van der Waals surface area contributed by atoms with Crippen molar-refractivity contribution >= 4 is 33.3 Å². The average Bonchev–Trinajstić information content (AvgIpc) is 2.76. The van der Waals surface area contributed by atoms with Gasteiger partial charge in [-0.25, -0.2) is 0 Å². The minimum Gasteiger partial charge on any atom is -0.415 e. The van der Waals surface area contributed by atoms with E-state index >= 15 is 0 Å². The lowest BCUT2D eigenvalue weighted by molar-refractivity contribution is -0.161. The highest BCUT2D eigenvalue weighted by molar-refractivity contribution is 6.71. The quantitative estimate of drug-likeness (QED) is 0.392. The van der Waals surface area contributed by atoms with Crippen LogP contribution >= 0.6 is 0 Å². The fourth-order valence-corrected chi connectivity index (χ4v) is 7.12. The monoisotopic (exact) mass is 482 g/mol. The Morgan fingerprint density at radius 3 is 1.55 bits per heavy atom. The van der Waals surface area contributed by atoms with E-state index < -0.39 is 39.6 Å². The summed E-state index contributed by atoms with van der Waals surface area (Å²) in [5, 5.41) is 0. The second kappa shape index (κ2) is 10.1. The van der Waals surface area contributed by atoms with Crippen molar-refractivity contribution in [2.24, 2.45) is 0 Å². The van der Waals surface area contributed by atoms with Crippen LogP contribution in [0.25, 0.3) is 0 Å². The largest absolute Gasteiger partial charge is 0.415 e. The van der Waals surface area contributed by atoms with Gasteiger partial charge in [0.15, 0.2) is 39.6 Å². The van der Waals surface area contributed by atoms with Gasteiger partial charge in [-0.05, 0) is 78.6 Å². The molecule has 0 aromatic rings. The fraction of sp³-hybridized carbons (Fsp3) is 1.00. The molecule has 0 bridgehead atoms. The maximum Gasteiger partial charge on any atom is 0.185 e. The highest BCUT2D eigenvalue weighted by Crippen LogP contribution is 2.35. The van der Waals surface area contributed by atoms with Crippen LogP contribution in [0.5, 0.6) is 0 Å². The Labute approximate surface area is 183 Å². The van der Waals surface area contributed by atoms with Gasteiger partial charge in [0.1, 0.15) is 18.3 Å². The molecule has 6 nitrogen and oxygen atoms in total. The Kier molecular flexibility index (Phi) is 9.59. The summed E-state index contributed by atoms with van der Waals surface area (Å²) < 4.78 is 38.1. The van der Waals surface area contributed by atoms with Crippen molar-refractivity contribution in [1.82, 2.24) is 0 Å². The predicted molar refractivity (Wildman–Crippen MR) is 130 cm³/mol. The predicted octanol–water partition coefficient (Wildman–Crippen LogP) is 4.87. The Morgan fingerprint density at radius 2 is 1.17 bits per heavy atom. The first-order chi connectivity index (χ1) is 12.8. The van der Waals surface area contributed by atoms with E-state index in [0.717, 1.165) is 0 Å². The van der Waals surface area contributed by atoms with Crippen molar-refractivity contribution in [3.05, 3.63) is 0 Å². The zero-order valence-corrected chi connectivity index (χ0v) is 25.0. The summed E-state index contributed by atoms with van der Waals surface area (Å²) in [6.07, 6.45) is -1.45. The number of hydrogen-bond acceptors (Lipinski definition) is 6. The third-order valence-corrected chi connectivity index (χ3v) is 7.97. The Balaban J connectivity index is 3.26. The second-order valence-electron chi connectivity index (χ2n) is 11.8. The number of methoxy groups -OCH3 is 1. The van der Waals surface area contributed by atoms with Crippen molar-refractivity contribution in [2.45, 2.75) is 109 Å². The number of rotatable bonds is 11. The van der Waals surface area contributed by atoms with Gasteiger partial charge in [-0.15, -0.1) is 0 Å². The number of hydrogen-bond donors (Lipinski definition) is 0. The van der Waals surface area contributed by atoms with Crippen LogP contribution in [0.3, 0.4) is 0 Å². The molecule has 0 aromatic carbocycles. The Hall–Kier alpha value is 0.628. The van der Waals surface area contributed by atoms with E-state index in [1.54, 1.807) is 7.11 Å². The van der Waals surface area contributed by atoms with Crippen molar-refractivity contribution in [2.75, 3.05) is 13.7 Å². The molecular formula is C19H46O6Si4. The molecule has 5 unspecified atom stereocenters. The molecule has 0 spiro atoms. The summed E-state index contributed by atoms with van der Waals surface area (Å²) >= 11 is 0. The zero-order chi connectivity index (χ0) is 22.8. The minimum absolute atomic E-state index is 0.206. The maximum absolute atomic E-state index is 6.65. The molecule has 29 heavy (non-hydrogen) atoms. The van der Waals surface area contributed by atoms with E-state index in [1.165, 1.54) is 0 Å². The molecule has 1 heterocycles. The van der Waals surface area contributed by atoms with Gasteiger partial charge in [-0.3, -0.25) is 0 Å². The molecule has 1 aliphatic heterocycles. The van der Waals surface area contributed by atoms with Crippen LogP contribution in [0.15, 0.2) is 0 Å². The third-order valence-electron chi connectivity index (χ3n) is 3.97. The first kappa shape index (κ1) is 27.7. The summed E-state index contributed by atoms with van der Waals surface area (Å²) in [6, 6.07) is 0. The molecule has 1 saturated heterocycles. The lowest BCUT2D eigenvalue weighted by atomic mass is 10.1. The Bertz CT molecular complexity index is 507. The third kappa shape index (κ3) is 10.7. The first-order valence-electron chi connectivity index (χ1n) is 10.7. The van der Waals surface area contributed by atoms with E-state index in [-0.39, 0.29) is 24.4 Å². The Morgan fingerprint density at radius 1 is 0.690 bits per heavy atom. The van der Waals surface area contributed by atoms with Gasteiger partial charge in [0.05, 0.1) is 12.7 Å². The van der Waals surface area contributed by atoms with Crippen molar-refractivity contribution in [3.63, 3.8) is 0 Å². The molecule has 1 rings (SSSR count). The lowest BCUT2D eigenvalue weighted by Crippen LogP contribution is -2.53. The minimum atomic E-state index is -1.86. The highest BCUT2D eigenvalue weighted by Gasteiger charge is 2.53. The molecule has 1 aliphatic rings. The van der Waals surface area contributed by atoms with Gasteiger partial charge in [-0.2, -0.15) is 0 Å². The molecule has 174 valence electrons. The van der Waals surface area contributed by atoms with Crippen molar-refractivity contribution in [3.8, 4) is 0 Å². The second-order valence-corrected chi connectivity index (χ2v) is 29.7. The summed E-state index contributed by atoms with van der Waals surface area (Å²) in [6.45, 7) is 26.8. The molecule has 5 atom stereocenters. The first-order valence-corrected chi connectivity index (χ1v) is 24.3. The summed E-state index contributed by atoms with van der Waals surface area (Å²) in [7, 11) is -5.57. The van der Waals surface area contributed by atoms with E-state index in [0.29, 0.717) is 6.61 Å². The summed E-state index contributed by atoms with van der Waals surface area (Å²) in [5.74, 6) is 0. The molecule has 0 amide bonds. The van der Waals surface area contributed by atoms with Crippen molar-refractivity contribution in [1.29, 1.82) is 0 Å². The van der Waals surface area contributed by atoms with Gasteiger partial charge in [0.2, 0.25) is 0 Å². The molecule has 10 heteroatoms. The van der Waals surface area contributed by atoms with E-state index in [2.05, 4.69) is 78.6 Å². The SMILES string of the molecule is COC1OC(C(CO[Si](C)(C)C)O[Si](C)(C)C)C(O[Si](C)(C)C)C1O[Si](C)(C)C. The van der Waals surface area contributed by atoms with Crippen LogP contribution in [0, 0.1) is 0 Å². The lowest BCUT2D eigenvalue weighted by Gasteiger charge is -2.37. The van der Waals surface area contributed by atoms with Crippen LogP contribution in [-0.2, 0) is 27.2 Å². The smallest absolute Gasteiger partial charge is 0.185 e. The average molecular weight is 483 g/mol. The van der Waals surface area contributed by atoms with E-state index in [1.807, 2.05) is 0 Å². The normalized spacial score (nSPS) is 28.0. The van der Waals surface area contributed by atoms with Gasteiger partial charge < -0.3 is 27.2 Å². The van der Waals surface area contributed by atoms with Crippen LogP contribution in [0.4, 0.5) is 0 Å². The molecule has 0 N–H and O–H groups in total. The molecule has 1 fully saturated rings. The molecule has 0 radical (unpaired) electrons. The van der Waals surface area contributed by atoms with Crippen LogP contribution in [0.2, 0.25) is 78.6 Å². The maximum atomic E-state index is 6.65. The van der Waals surface area contributed by atoms with E-state index in [4.69, 9.17) is 27.2 Å².